The van der Waals surface area contributed by atoms with Crippen LogP contribution in [0, 0.1) is 6.92 Å². The van der Waals surface area contributed by atoms with Crippen molar-refractivity contribution in [2.24, 2.45) is 20.0 Å². The number of halogens is 3. The molecule has 2 saturated carbocycles. The molecule has 4 unspecified atom stereocenters. The van der Waals surface area contributed by atoms with Gasteiger partial charge in [0.1, 0.15) is 5.82 Å². The van der Waals surface area contributed by atoms with Gasteiger partial charge in [-0.2, -0.15) is 13.2 Å². The number of amides is 8. The lowest BCUT2D eigenvalue weighted by Gasteiger charge is -2.24. The highest BCUT2D eigenvalue weighted by atomic mass is 19.4. The number of aliphatic imine (C=N–C) groups is 4. The average Bonchev–Trinajstić information content (AvgIpc) is 1.66. The number of benzene rings is 8. The SMILES string of the molecule is Cc1c[nH]c(-c2ccc(C3CNC(=O)N3c3ccc4c(c3)N=CC4)cc2)c1.O=C1NCC(c2ccc(-c3cc(C4CC4)c[nH]3)cc2)N1c1ccc2c(c1)N=CC2.O=C1NCC(c2ccc(-c3cnc(C(F)(F)F)[nH]3)cc2)N1c1ccc2c(c1)N=CC2.O=C1NCC(c2ccc(-c3cnc(C4CC4)[nH]3)cc2)N1c1ccc2c(c1)N=CC2. The molecule has 0 spiro atoms. The number of carbonyl (C=O) groups is 4. The van der Waals surface area contributed by atoms with Crippen LogP contribution in [0.25, 0.3) is 45.0 Å². The van der Waals surface area contributed by atoms with E-state index in [2.05, 4.69) is 187 Å². The number of carbonyl (C=O) groups excluding carboxylic acids is 4. The summed E-state index contributed by atoms with van der Waals surface area (Å²) in [7, 11) is 0. The first-order chi connectivity index (χ1) is 56.1. The van der Waals surface area contributed by atoms with Gasteiger partial charge in [-0.25, -0.2) is 29.1 Å². The van der Waals surface area contributed by atoms with Gasteiger partial charge in [0, 0.05) is 129 Å². The lowest BCUT2D eigenvalue weighted by molar-refractivity contribution is -0.144. The summed E-state index contributed by atoms with van der Waals surface area (Å²) in [6.45, 7) is 4.30. The van der Waals surface area contributed by atoms with Crippen molar-refractivity contribution in [1.82, 2.24) is 51.2 Å². The van der Waals surface area contributed by atoms with Crippen LogP contribution in [0.5, 0.6) is 0 Å². The maximum absolute atomic E-state index is 12.8. The molecule has 25 heteroatoms. The minimum Gasteiger partial charge on any atom is -0.361 e. The number of aryl methyl sites for hydroxylation is 1. The monoisotopic (exact) mass is 1530 g/mol. The third kappa shape index (κ3) is 14.5. The molecule has 10 aliphatic rings. The Morgan fingerprint density at radius 2 is 0.687 bits per heavy atom. The van der Waals surface area contributed by atoms with Crippen molar-refractivity contribution in [3.63, 3.8) is 0 Å². The Morgan fingerprint density at radius 3 is 1.02 bits per heavy atom. The summed E-state index contributed by atoms with van der Waals surface area (Å²) in [5, 5.41) is 11.8. The minimum atomic E-state index is -4.52. The lowest BCUT2D eigenvalue weighted by Crippen LogP contribution is -2.29. The van der Waals surface area contributed by atoms with E-state index in [4.69, 9.17) is 0 Å². The number of aromatic amines is 4. The Balaban J connectivity index is 0.000000103. The molecule has 8 aliphatic heterocycles. The summed E-state index contributed by atoms with van der Waals surface area (Å²) in [5.74, 6) is 1.43. The van der Waals surface area contributed by atoms with Gasteiger partial charge >= 0.3 is 30.3 Å². The van der Waals surface area contributed by atoms with E-state index in [1.54, 1.807) is 17.0 Å². The van der Waals surface area contributed by atoms with Crippen LogP contribution in [-0.4, -0.2) is 105 Å². The second-order valence-corrected chi connectivity index (χ2v) is 30.4. The molecule has 0 bridgehead atoms. The second-order valence-electron chi connectivity index (χ2n) is 30.4. The third-order valence-electron chi connectivity index (χ3n) is 22.9. The van der Waals surface area contributed by atoms with E-state index >= 15 is 0 Å². The van der Waals surface area contributed by atoms with Gasteiger partial charge in [0.2, 0.25) is 5.82 Å². The summed E-state index contributed by atoms with van der Waals surface area (Å²) in [6, 6.07) is 60.2. The highest BCUT2D eigenvalue weighted by Crippen LogP contribution is 2.45. The number of imidazole rings is 2. The first kappa shape index (κ1) is 71.6. The molecule has 12 aromatic rings. The molecular weight excluding hydrogens is 1450 g/mol. The Morgan fingerprint density at radius 1 is 0.357 bits per heavy atom. The summed E-state index contributed by atoms with van der Waals surface area (Å²) in [4.78, 5) is 95.4. The maximum Gasteiger partial charge on any atom is 0.449 e. The van der Waals surface area contributed by atoms with Crippen LogP contribution >= 0.6 is 0 Å². The smallest absolute Gasteiger partial charge is 0.361 e. The van der Waals surface area contributed by atoms with Gasteiger partial charge in [-0.3, -0.25) is 39.6 Å². The van der Waals surface area contributed by atoms with E-state index < -0.39 is 12.0 Å². The fourth-order valence-electron chi connectivity index (χ4n) is 16.3. The van der Waals surface area contributed by atoms with Crippen molar-refractivity contribution in [3.8, 4) is 45.0 Å². The zero-order valence-corrected chi connectivity index (χ0v) is 62.6. The minimum absolute atomic E-state index is 0.0225. The molecule has 4 aromatic heterocycles. The zero-order valence-electron chi connectivity index (χ0n) is 62.6. The number of anilines is 4. The molecule has 8 N–H and O–H groups in total. The normalized spacial score (nSPS) is 19.1. The van der Waals surface area contributed by atoms with Crippen molar-refractivity contribution in [3.05, 3.63) is 274 Å². The Bertz CT molecular complexity index is 5710. The number of aromatic nitrogens is 6. The summed E-state index contributed by atoms with van der Waals surface area (Å²) in [5.41, 5.74) is 26.4. The van der Waals surface area contributed by atoms with Crippen LogP contribution < -0.4 is 40.9 Å². The molecule has 22 nitrogen and oxygen atoms in total. The fourth-order valence-corrected chi connectivity index (χ4v) is 16.3. The average molecular weight is 1530 g/mol. The van der Waals surface area contributed by atoms with E-state index in [1.165, 1.54) is 59.1 Å². The number of hydrogen-bond acceptors (Lipinski definition) is 10. The van der Waals surface area contributed by atoms with Crippen molar-refractivity contribution in [2.75, 3.05) is 45.8 Å². The molecule has 8 aromatic carbocycles. The van der Waals surface area contributed by atoms with Crippen LogP contribution in [0.1, 0.15) is 129 Å². The number of H-pyrrole nitrogens is 4. The number of hydrogen-bond donors (Lipinski definition) is 8. The molecule has 2 aliphatic carbocycles. The van der Waals surface area contributed by atoms with Crippen LogP contribution in [0.3, 0.4) is 0 Å². The number of urea groups is 4. The number of nitrogens with one attached hydrogen (secondary N) is 8. The number of rotatable bonds is 14. The van der Waals surface area contributed by atoms with Gasteiger partial charge in [0.25, 0.3) is 0 Å². The molecule has 4 atom stereocenters. The summed E-state index contributed by atoms with van der Waals surface area (Å²) >= 11 is 0. The van der Waals surface area contributed by atoms with Crippen molar-refractivity contribution in [2.45, 2.75) is 100 Å². The Labute approximate surface area is 659 Å². The lowest BCUT2D eigenvalue weighted by atomic mass is 10.0. The van der Waals surface area contributed by atoms with Gasteiger partial charge in [-0.05, 0) is 177 Å². The Kier molecular flexibility index (Phi) is 18.5. The maximum atomic E-state index is 12.8. The molecule has 574 valence electrons. The second kappa shape index (κ2) is 29.8. The van der Waals surface area contributed by atoms with Gasteiger partial charge < -0.3 is 41.2 Å². The summed E-state index contributed by atoms with van der Waals surface area (Å²) < 4.78 is 38.3. The predicted molar refractivity (Wildman–Crippen MR) is 442 cm³/mol. The van der Waals surface area contributed by atoms with Crippen molar-refractivity contribution < 1.29 is 32.3 Å². The van der Waals surface area contributed by atoms with Gasteiger partial charge in [0.15, 0.2) is 0 Å². The number of nitrogens with zero attached hydrogens (tertiary/aromatic N) is 10. The Hall–Kier alpha value is -13.7. The van der Waals surface area contributed by atoms with E-state index in [0.717, 1.165) is 145 Å². The molecule has 6 fully saturated rings. The molecule has 115 heavy (non-hydrogen) atoms. The van der Waals surface area contributed by atoms with Crippen LogP contribution in [0.2, 0.25) is 0 Å². The molecule has 0 radical (unpaired) electrons. The quantitative estimate of drug-likeness (QED) is 0.0524. The molecule has 12 heterocycles. The van der Waals surface area contributed by atoms with Crippen LogP contribution in [0.15, 0.2) is 227 Å². The largest absolute Gasteiger partial charge is 0.449 e. The van der Waals surface area contributed by atoms with Crippen LogP contribution in [0.4, 0.5) is 77.8 Å². The standard InChI is InChI=1S/C24H22N4O.C23H21N5O.C22H20N4O.C21H16F3N5O/c29-24-27-14-23(28(24)20-8-7-17-9-10-25-22(17)12-20)18-5-3-16(4-6-18)21-11-19(13-26-21)15-1-2-15;29-23-26-13-21(28(23)18-8-7-15-9-10-24-19(15)11-18)16-3-1-14(2-4-16)20-12-25-22(27-20)17-5-6-17;1-14-10-19(24-12-14)15-2-4-17(5-3-15)21-13-25-22(27)26(21)18-7-6-16-8-9-23-20(16)11-18;22-21(23,24)19-26-10-17(28-19)12-1-3-14(4-2-12)18-11-27-20(30)29(18)15-6-5-13-7-8-25-16(13)9-15/h3-8,10-13,15,23,26H,1-2,9,14H2,(H,27,29);1-4,7-8,10-12,17,21H,5-6,9,13H2,(H,25,27)(H,26,29);2-7,9-12,21,24H,8,13H2,1H3,(H,25,27);1-6,8-10,18H,7,11H2,(H,26,28)(H,27,30). The van der Waals surface area contributed by atoms with E-state index in [0.29, 0.717) is 37.7 Å². The van der Waals surface area contributed by atoms with Gasteiger partial charge in [-0.1, -0.05) is 121 Å². The molecule has 8 amide bonds. The van der Waals surface area contributed by atoms with Crippen molar-refractivity contribution in [1.29, 1.82) is 0 Å². The zero-order chi connectivity index (χ0) is 78.0. The highest BCUT2D eigenvalue weighted by molar-refractivity contribution is 5.99. The first-order valence-electron chi connectivity index (χ1n) is 38.9. The first-order valence-corrected chi connectivity index (χ1v) is 38.9. The van der Waals surface area contributed by atoms with Gasteiger partial charge in [-0.15, -0.1) is 0 Å². The molecule has 22 rings (SSSR count). The van der Waals surface area contributed by atoms with Gasteiger partial charge in [0.05, 0.1) is 70.7 Å². The van der Waals surface area contributed by atoms with Crippen molar-refractivity contribution >= 4 is 94.5 Å². The van der Waals surface area contributed by atoms with E-state index in [-0.39, 0.29) is 54.0 Å². The summed E-state index contributed by atoms with van der Waals surface area (Å²) in [6.07, 6.45) is 18.8. The highest BCUT2D eigenvalue weighted by Gasteiger charge is 2.40. The fraction of sp³-hybridized carbons (Fsp3) is 0.222. The number of fused-ring (bicyclic) bond motifs is 4. The topological polar surface area (TPSA) is 268 Å². The number of alkyl halides is 3. The van der Waals surface area contributed by atoms with E-state index in [1.807, 2.05) is 119 Å². The molecule has 4 saturated heterocycles. The molecular formula is C90H79F3N18O4. The predicted octanol–water partition coefficient (Wildman–Crippen LogP) is 18.7. The van der Waals surface area contributed by atoms with Crippen LogP contribution in [-0.2, 0) is 31.9 Å². The third-order valence-corrected chi connectivity index (χ3v) is 22.9. The van der Waals surface area contributed by atoms with E-state index in [9.17, 15) is 32.3 Å².